The lowest BCUT2D eigenvalue weighted by molar-refractivity contribution is 0.266. The van der Waals surface area contributed by atoms with Gasteiger partial charge in [0, 0.05) is 18.8 Å². The molecule has 0 aromatic heterocycles. The number of rotatable bonds is 3. The van der Waals surface area contributed by atoms with Gasteiger partial charge >= 0.3 is 0 Å². The Morgan fingerprint density at radius 2 is 1.89 bits per heavy atom. The van der Waals surface area contributed by atoms with Gasteiger partial charge in [0.25, 0.3) is 0 Å². The lowest BCUT2D eigenvalue weighted by Crippen LogP contribution is -2.33. The number of benzene rings is 2. The van der Waals surface area contributed by atoms with E-state index in [4.69, 9.17) is 5.11 Å². The van der Waals surface area contributed by atoms with Crippen LogP contribution in [0.1, 0.15) is 16.7 Å². The quantitative estimate of drug-likeness (QED) is 0.883. The minimum Gasteiger partial charge on any atom is -0.392 e. The first-order valence-corrected chi connectivity index (χ1v) is 6.58. The van der Waals surface area contributed by atoms with Gasteiger partial charge in [0.2, 0.25) is 0 Å². The average molecular weight is 254 g/mol. The van der Waals surface area contributed by atoms with Crippen molar-refractivity contribution in [3.8, 4) is 0 Å². The molecule has 0 bridgehead atoms. The Morgan fingerprint density at radius 1 is 1.05 bits per heavy atom. The summed E-state index contributed by atoms with van der Waals surface area (Å²) in [6.07, 6.45) is 0. The minimum atomic E-state index is 0.0999. The van der Waals surface area contributed by atoms with Crippen LogP contribution in [0.25, 0.3) is 0 Å². The molecular weight excluding hydrogens is 236 g/mol. The Bertz CT molecular complexity index is 554. The first-order valence-electron chi connectivity index (χ1n) is 6.58. The number of nitrogens with one attached hydrogen (secondary N) is 1. The Labute approximate surface area is 113 Å². The topological polar surface area (TPSA) is 35.5 Å². The van der Waals surface area contributed by atoms with E-state index in [1.165, 1.54) is 11.1 Å². The largest absolute Gasteiger partial charge is 0.392 e. The van der Waals surface area contributed by atoms with Crippen LogP contribution in [0.2, 0.25) is 0 Å². The Balaban J connectivity index is 1.72. The van der Waals surface area contributed by atoms with Crippen molar-refractivity contribution in [2.75, 3.05) is 12.0 Å². The Hall–Kier alpha value is -1.84. The van der Waals surface area contributed by atoms with Gasteiger partial charge in [-0.3, -0.25) is 4.90 Å². The predicted octanol–water partition coefficient (Wildman–Crippen LogP) is 2.56. The number of anilines is 1. The van der Waals surface area contributed by atoms with E-state index >= 15 is 0 Å². The molecule has 0 amide bonds. The summed E-state index contributed by atoms with van der Waals surface area (Å²) in [5.41, 5.74) is 4.73. The summed E-state index contributed by atoms with van der Waals surface area (Å²) in [4.78, 5) is 2.37. The summed E-state index contributed by atoms with van der Waals surface area (Å²) >= 11 is 0. The second-order valence-corrected chi connectivity index (χ2v) is 4.96. The number of aliphatic hydroxyl groups is 1. The first-order chi connectivity index (χ1) is 9.35. The van der Waals surface area contributed by atoms with Crippen molar-refractivity contribution < 1.29 is 5.11 Å². The van der Waals surface area contributed by atoms with Crippen LogP contribution in [0, 0.1) is 0 Å². The number of nitrogens with zero attached hydrogens (tertiary/aromatic N) is 1. The summed E-state index contributed by atoms with van der Waals surface area (Å²) in [6.45, 7) is 2.84. The molecule has 0 fully saturated rings. The normalized spacial score (nSPS) is 14.8. The van der Waals surface area contributed by atoms with E-state index in [0.717, 1.165) is 31.0 Å². The zero-order chi connectivity index (χ0) is 13.1. The lowest BCUT2D eigenvalue weighted by Gasteiger charge is -2.30. The number of fused-ring (bicyclic) bond motifs is 1. The lowest BCUT2D eigenvalue weighted by atomic mass is 10.1. The molecule has 2 aromatic carbocycles. The maximum atomic E-state index is 9.15. The van der Waals surface area contributed by atoms with Gasteiger partial charge in [0.1, 0.15) is 0 Å². The van der Waals surface area contributed by atoms with Crippen LogP contribution < -0.4 is 5.32 Å². The standard InChI is InChI=1S/C16H18N2O/c19-11-14-6-7-15-10-18(12-17-16(15)8-14)9-13-4-2-1-3-5-13/h1-8,17,19H,9-12H2. The van der Waals surface area contributed by atoms with Crippen LogP contribution >= 0.6 is 0 Å². The molecule has 3 rings (SSSR count). The molecule has 0 spiro atoms. The van der Waals surface area contributed by atoms with E-state index in [9.17, 15) is 0 Å². The van der Waals surface area contributed by atoms with Gasteiger partial charge in [-0.05, 0) is 22.8 Å². The molecule has 0 unspecified atom stereocenters. The average Bonchev–Trinajstić information content (AvgIpc) is 2.48. The molecule has 3 heteroatoms. The fraction of sp³-hybridized carbons (Fsp3) is 0.250. The zero-order valence-corrected chi connectivity index (χ0v) is 10.8. The smallest absolute Gasteiger partial charge is 0.0684 e. The van der Waals surface area contributed by atoms with Gasteiger partial charge in [0.05, 0.1) is 13.3 Å². The highest BCUT2D eigenvalue weighted by molar-refractivity contribution is 5.54. The summed E-state index contributed by atoms with van der Waals surface area (Å²) in [5.74, 6) is 0. The highest BCUT2D eigenvalue weighted by atomic mass is 16.3. The van der Waals surface area contributed by atoms with Crippen molar-refractivity contribution in [2.24, 2.45) is 0 Å². The summed E-state index contributed by atoms with van der Waals surface area (Å²) < 4.78 is 0. The predicted molar refractivity (Wildman–Crippen MR) is 76.5 cm³/mol. The molecule has 0 atom stereocenters. The number of hydrogen-bond acceptors (Lipinski definition) is 3. The van der Waals surface area contributed by atoms with Crippen LogP contribution in [0.4, 0.5) is 5.69 Å². The Kier molecular flexibility index (Phi) is 3.49. The molecule has 2 N–H and O–H groups in total. The molecule has 0 radical (unpaired) electrons. The van der Waals surface area contributed by atoms with Gasteiger partial charge in [-0.1, -0.05) is 42.5 Å². The van der Waals surface area contributed by atoms with Crippen molar-refractivity contribution in [3.63, 3.8) is 0 Å². The van der Waals surface area contributed by atoms with Crippen molar-refractivity contribution >= 4 is 5.69 Å². The third-order valence-corrected chi connectivity index (χ3v) is 3.49. The molecular formula is C16H18N2O. The fourth-order valence-electron chi connectivity index (χ4n) is 2.47. The monoisotopic (exact) mass is 254 g/mol. The first kappa shape index (κ1) is 12.2. The van der Waals surface area contributed by atoms with Crippen molar-refractivity contribution in [1.29, 1.82) is 0 Å². The zero-order valence-electron chi connectivity index (χ0n) is 10.8. The molecule has 0 saturated heterocycles. The molecule has 1 aliphatic rings. The second-order valence-electron chi connectivity index (χ2n) is 4.96. The second kappa shape index (κ2) is 5.43. The van der Waals surface area contributed by atoms with Crippen LogP contribution in [0.5, 0.6) is 0 Å². The molecule has 98 valence electrons. The maximum absolute atomic E-state index is 9.15. The van der Waals surface area contributed by atoms with Gasteiger partial charge in [-0.2, -0.15) is 0 Å². The van der Waals surface area contributed by atoms with E-state index in [-0.39, 0.29) is 6.61 Å². The minimum absolute atomic E-state index is 0.0999. The molecule has 0 aliphatic carbocycles. The van der Waals surface area contributed by atoms with E-state index in [0.29, 0.717) is 0 Å². The van der Waals surface area contributed by atoms with Gasteiger partial charge < -0.3 is 10.4 Å². The van der Waals surface area contributed by atoms with E-state index in [2.05, 4.69) is 40.5 Å². The van der Waals surface area contributed by atoms with Crippen LogP contribution in [-0.4, -0.2) is 16.7 Å². The highest BCUT2D eigenvalue weighted by Gasteiger charge is 2.15. The molecule has 2 aromatic rings. The molecule has 0 saturated carbocycles. The van der Waals surface area contributed by atoms with Gasteiger partial charge in [0.15, 0.2) is 0 Å². The van der Waals surface area contributed by atoms with Crippen molar-refractivity contribution in [3.05, 3.63) is 65.2 Å². The van der Waals surface area contributed by atoms with Crippen LogP contribution in [0.15, 0.2) is 48.5 Å². The van der Waals surface area contributed by atoms with Crippen LogP contribution in [-0.2, 0) is 19.7 Å². The van der Waals surface area contributed by atoms with E-state index in [1.54, 1.807) is 0 Å². The Morgan fingerprint density at radius 3 is 2.68 bits per heavy atom. The van der Waals surface area contributed by atoms with Crippen LogP contribution in [0.3, 0.4) is 0 Å². The maximum Gasteiger partial charge on any atom is 0.0684 e. The SMILES string of the molecule is OCc1ccc2c(c1)NCN(Cc1ccccc1)C2. The summed E-state index contributed by atoms with van der Waals surface area (Å²) in [6, 6.07) is 16.6. The van der Waals surface area contributed by atoms with E-state index in [1.807, 2.05) is 18.2 Å². The number of hydrogen-bond donors (Lipinski definition) is 2. The third-order valence-electron chi connectivity index (χ3n) is 3.49. The summed E-state index contributed by atoms with van der Waals surface area (Å²) in [7, 11) is 0. The van der Waals surface area contributed by atoms with Crippen molar-refractivity contribution in [2.45, 2.75) is 19.7 Å². The molecule has 19 heavy (non-hydrogen) atoms. The fourth-order valence-corrected chi connectivity index (χ4v) is 2.47. The molecule has 3 nitrogen and oxygen atoms in total. The third kappa shape index (κ3) is 2.78. The molecule has 1 aliphatic heterocycles. The highest BCUT2D eigenvalue weighted by Crippen LogP contribution is 2.24. The molecule has 1 heterocycles. The number of aliphatic hydroxyl groups excluding tert-OH is 1. The van der Waals surface area contributed by atoms with Crippen molar-refractivity contribution in [1.82, 2.24) is 4.90 Å². The van der Waals surface area contributed by atoms with E-state index < -0.39 is 0 Å². The summed E-state index contributed by atoms with van der Waals surface area (Å²) in [5, 5.41) is 12.6. The van der Waals surface area contributed by atoms with Gasteiger partial charge in [-0.15, -0.1) is 0 Å². The van der Waals surface area contributed by atoms with Gasteiger partial charge in [-0.25, -0.2) is 0 Å².